The second-order valence-corrected chi connectivity index (χ2v) is 6.38. The average Bonchev–Trinajstić information content (AvgIpc) is 2.71. The lowest BCUT2D eigenvalue weighted by Gasteiger charge is -2.08. The number of phenolic OH excluding ortho intramolecular Hbond substituents is 1. The van der Waals surface area contributed by atoms with E-state index < -0.39 is 22.3 Å². The molecular formula is C13H12ClN3O4S. The van der Waals surface area contributed by atoms with E-state index in [4.69, 9.17) is 11.6 Å². The lowest BCUT2D eigenvalue weighted by atomic mass is 10.2. The number of carbonyl (C=O) groups is 1. The Morgan fingerprint density at radius 2 is 2.18 bits per heavy atom. The number of rotatable bonds is 4. The van der Waals surface area contributed by atoms with Crippen LogP contribution in [0.25, 0.3) is 0 Å². The van der Waals surface area contributed by atoms with E-state index in [1.807, 2.05) is 13.8 Å². The van der Waals surface area contributed by atoms with Gasteiger partial charge in [-0.25, -0.2) is 4.98 Å². The number of benzene rings is 1. The number of aryl methyl sites for hydroxylation is 2. The van der Waals surface area contributed by atoms with E-state index in [2.05, 4.69) is 10.3 Å². The maximum atomic E-state index is 12.0. The zero-order chi connectivity index (χ0) is 16.4. The van der Waals surface area contributed by atoms with Gasteiger partial charge in [0.15, 0.2) is 0 Å². The van der Waals surface area contributed by atoms with E-state index in [9.17, 15) is 20.0 Å². The van der Waals surface area contributed by atoms with Crippen molar-refractivity contribution in [3.63, 3.8) is 0 Å². The Morgan fingerprint density at radius 3 is 2.73 bits per heavy atom. The van der Waals surface area contributed by atoms with Crippen molar-refractivity contribution in [2.45, 2.75) is 20.3 Å². The number of nitrogens with one attached hydrogen (secondary N) is 1. The van der Waals surface area contributed by atoms with Gasteiger partial charge < -0.3 is 10.4 Å². The second-order valence-electron chi connectivity index (χ2n) is 4.54. The number of aromatic nitrogens is 1. The summed E-state index contributed by atoms with van der Waals surface area (Å²) in [6.45, 7) is 3.69. The molecule has 0 aliphatic rings. The van der Waals surface area contributed by atoms with E-state index >= 15 is 0 Å². The summed E-state index contributed by atoms with van der Waals surface area (Å²) in [6, 6.07) is 2.27. The van der Waals surface area contributed by atoms with E-state index in [0.29, 0.717) is 5.69 Å². The molecule has 0 aliphatic heterocycles. The van der Waals surface area contributed by atoms with Gasteiger partial charge in [0.05, 0.1) is 27.7 Å². The Labute approximate surface area is 134 Å². The smallest absolute Gasteiger partial charge is 0.314 e. The maximum Gasteiger partial charge on any atom is 0.314 e. The molecule has 2 N–H and O–H groups in total. The topological polar surface area (TPSA) is 105 Å². The molecule has 0 radical (unpaired) electrons. The largest absolute Gasteiger partial charge is 0.501 e. The Morgan fingerprint density at radius 1 is 1.50 bits per heavy atom. The number of halogens is 1. The van der Waals surface area contributed by atoms with Crippen molar-refractivity contribution in [1.29, 1.82) is 0 Å². The van der Waals surface area contributed by atoms with Crippen molar-refractivity contribution in [3.8, 4) is 5.75 Å². The molecule has 0 unspecified atom stereocenters. The number of anilines is 1. The average molecular weight is 342 g/mol. The third-order valence-corrected chi connectivity index (χ3v) is 4.00. The van der Waals surface area contributed by atoms with Crippen LogP contribution in [0.2, 0.25) is 5.02 Å². The predicted octanol–water partition coefficient (Wildman–Crippen LogP) is 3.21. The minimum absolute atomic E-state index is 0.00985. The van der Waals surface area contributed by atoms with Gasteiger partial charge in [-0.1, -0.05) is 11.6 Å². The lowest BCUT2D eigenvalue weighted by molar-refractivity contribution is -0.385. The van der Waals surface area contributed by atoms with Gasteiger partial charge in [0.25, 0.3) is 0 Å². The summed E-state index contributed by atoms with van der Waals surface area (Å²) >= 11 is 7.24. The minimum Gasteiger partial charge on any atom is -0.501 e. The molecule has 0 spiro atoms. The molecule has 0 saturated heterocycles. The number of amides is 1. The number of thiazole rings is 1. The maximum absolute atomic E-state index is 12.0. The number of aromatic hydroxyl groups is 1. The molecule has 0 fully saturated rings. The van der Waals surface area contributed by atoms with Crippen LogP contribution < -0.4 is 5.32 Å². The summed E-state index contributed by atoms with van der Waals surface area (Å²) in [5, 5.41) is 24.0. The SMILES string of the molecule is Cc1nc(CC(=O)Nc2cc(Cl)cc([N+](=O)[O-])c2O)c(C)s1. The Kier molecular flexibility index (Phi) is 4.62. The van der Waals surface area contributed by atoms with Gasteiger partial charge in [-0.05, 0) is 19.9 Å². The monoisotopic (exact) mass is 341 g/mol. The fourth-order valence-corrected chi connectivity index (χ4v) is 2.95. The van der Waals surface area contributed by atoms with Gasteiger partial charge >= 0.3 is 5.69 Å². The van der Waals surface area contributed by atoms with Crippen LogP contribution >= 0.6 is 22.9 Å². The molecule has 0 saturated carbocycles. The van der Waals surface area contributed by atoms with Gasteiger partial charge in [-0.3, -0.25) is 14.9 Å². The van der Waals surface area contributed by atoms with E-state index in [1.54, 1.807) is 0 Å². The highest BCUT2D eigenvalue weighted by atomic mass is 35.5. The number of nitrogens with zero attached hydrogens (tertiary/aromatic N) is 2. The number of hydrogen-bond donors (Lipinski definition) is 2. The van der Waals surface area contributed by atoms with Crippen molar-refractivity contribution in [2.24, 2.45) is 0 Å². The number of hydrogen-bond acceptors (Lipinski definition) is 6. The molecule has 1 aromatic heterocycles. The molecule has 9 heteroatoms. The summed E-state index contributed by atoms with van der Waals surface area (Å²) in [6.07, 6.45) is 0.00985. The van der Waals surface area contributed by atoms with Crippen LogP contribution in [0.1, 0.15) is 15.6 Å². The summed E-state index contributed by atoms with van der Waals surface area (Å²) in [7, 11) is 0. The molecule has 2 rings (SSSR count). The zero-order valence-corrected chi connectivity index (χ0v) is 13.3. The lowest BCUT2D eigenvalue weighted by Crippen LogP contribution is -2.15. The first-order valence-electron chi connectivity index (χ1n) is 6.17. The van der Waals surface area contributed by atoms with E-state index in [0.717, 1.165) is 16.0 Å². The number of nitro groups is 1. The molecule has 0 atom stereocenters. The summed E-state index contributed by atoms with van der Waals surface area (Å²) < 4.78 is 0. The fraction of sp³-hybridized carbons (Fsp3) is 0.231. The molecule has 116 valence electrons. The van der Waals surface area contributed by atoms with Crippen molar-refractivity contribution in [1.82, 2.24) is 4.98 Å². The van der Waals surface area contributed by atoms with Crippen LogP contribution in [-0.2, 0) is 11.2 Å². The van der Waals surface area contributed by atoms with Crippen LogP contribution in [0.5, 0.6) is 5.75 Å². The number of carbonyl (C=O) groups excluding carboxylic acids is 1. The molecule has 1 aromatic carbocycles. The summed E-state index contributed by atoms with van der Waals surface area (Å²) in [4.78, 5) is 27.2. The molecule has 2 aromatic rings. The van der Waals surface area contributed by atoms with E-state index in [-0.39, 0.29) is 17.1 Å². The van der Waals surface area contributed by atoms with Crippen molar-refractivity contribution in [2.75, 3.05) is 5.32 Å². The zero-order valence-electron chi connectivity index (χ0n) is 11.7. The van der Waals surface area contributed by atoms with Gasteiger partial charge in [0, 0.05) is 16.0 Å². The number of phenols is 1. The van der Waals surface area contributed by atoms with Gasteiger partial charge in [0.1, 0.15) is 0 Å². The molecule has 0 bridgehead atoms. The quantitative estimate of drug-likeness (QED) is 0.504. The Balaban J connectivity index is 2.22. The molecule has 22 heavy (non-hydrogen) atoms. The first kappa shape index (κ1) is 16.2. The van der Waals surface area contributed by atoms with Crippen LogP contribution in [-0.4, -0.2) is 20.9 Å². The predicted molar refractivity (Wildman–Crippen MR) is 83.7 cm³/mol. The third-order valence-electron chi connectivity index (χ3n) is 2.85. The van der Waals surface area contributed by atoms with Crippen LogP contribution in [0.15, 0.2) is 12.1 Å². The summed E-state index contributed by atoms with van der Waals surface area (Å²) in [5.74, 6) is -1.07. The normalized spacial score (nSPS) is 10.5. The van der Waals surface area contributed by atoms with Crippen LogP contribution in [0, 0.1) is 24.0 Å². The van der Waals surface area contributed by atoms with Gasteiger partial charge in [-0.2, -0.15) is 0 Å². The number of nitro benzene ring substituents is 1. The molecule has 1 heterocycles. The minimum atomic E-state index is -0.773. The first-order chi connectivity index (χ1) is 10.3. The van der Waals surface area contributed by atoms with Gasteiger partial charge in [-0.15, -0.1) is 11.3 Å². The molecule has 0 aliphatic carbocycles. The highest BCUT2D eigenvalue weighted by Crippen LogP contribution is 2.37. The van der Waals surface area contributed by atoms with Gasteiger partial charge in [0.2, 0.25) is 11.7 Å². The van der Waals surface area contributed by atoms with Crippen molar-refractivity contribution < 1.29 is 14.8 Å². The van der Waals surface area contributed by atoms with Crippen LogP contribution in [0.3, 0.4) is 0 Å². The van der Waals surface area contributed by atoms with Crippen LogP contribution in [0.4, 0.5) is 11.4 Å². The Bertz CT molecular complexity index is 760. The third kappa shape index (κ3) is 3.52. The van der Waals surface area contributed by atoms with E-state index in [1.165, 1.54) is 17.4 Å². The van der Waals surface area contributed by atoms with Crippen molar-refractivity contribution >= 4 is 40.2 Å². The Hall–Kier alpha value is -2.19. The standard InChI is InChI=1S/C13H12ClN3O4S/c1-6-9(15-7(2)22-6)5-12(18)16-10-3-8(14)4-11(13(10)19)17(20)21/h3-4,19H,5H2,1-2H3,(H,16,18). The summed E-state index contributed by atoms with van der Waals surface area (Å²) in [5.41, 5.74) is -0.0340. The fourth-order valence-electron chi connectivity index (χ4n) is 1.90. The second kappa shape index (κ2) is 6.29. The first-order valence-corrected chi connectivity index (χ1v) is 7.37. The highest BCUT2D eigenvalue weighted by molar-refractivity contribution is 7.11. The molecule has 1 amide bonds. The molecule has 7 nitrogen and oxygen atoms in total. The highest BCUT2D eigenvalue weighted by Gasteiger charge is 2.20. The molecular weight excluding hydrogens is 330 g/mol. The van der Waals surface area contributed by atoms with Crippen molar-refractivity contribution in [3.05, 3.63) is 42.8 Å².